The Morgan fingerprint density at radius 2 is 0.839 bits per heavy atom. The van der Waals surface area contributed by atoms with Crippen LogP contribution < -0.4 is 9.80 Å². The first-order chi connectivity index (χ1) is 30.8. The first kappa shape index (κ1) is 35.1. The summed E-state index contributed by atoms with van der Waals surface area (Å²) in [5.41, 5.74) is 16.5. The molecule has 3 heteroatoms. The fourth-order valence-electron chi connectivity index (χ4n) is 10.8. The van der Waals surface area contributed by atoms with E-state index >= 15 is 0 Å². The number of fused-ring (bicyclic) bond motifs is 15. The number of anilines is 6. The van der Waals surface area contributed by atoms with E-state index in [0.29, 0.717) is 0 Å². The van der Waals surface area contributed by atoms with Crippen molar-refractivity contribution in [3.05, 3.63) is 253 Å². The van der Waals surface area contributed by atoms with E-state index in [2.05, 4.69) is 240 Å². The van der Waals surface area contributed by atoms with Crippen molar-refractivity contribution in [2.75, 3.05) is 9.80 Å². The second-order valence-electron chi connectivity index (χ2n) is 16.4. The summed E-state index contributed by atoms with van der Waals surface area (Å²) in [4.78, 5) is 4.94. The van der Waals surface area contributed by atoms with Crippen LogP contribution in [0.3, 0.4) is 0 Å². The summed E-state index contributed by atoms with van der Waals surface area (Å²) in [7, 11) is 0. The smallest absolute Gasteiger partial charge is 0.0747 e. The zero-order chi connectivity index (χ0) is 40.8. The predicted octanol–water partition coefficient (Wildman–Crippen LogP) is 16.5. The monoisotopic (exact) mass is 806 g/mol. The molecule has 0 fully saturated rings. The van der Waals surface area contributed by atoms with Gasteiger partial charge in [0.2, 0.25) is 0 Å². The minimum absolute atomic E-state index is 0.640. The Balaban J connectivity index is 1.17. The van der Waals surface area contributed by atoms with Crippen molar-refractivity contribution in [2.45, 2.75) is 5.41 Å². The third-order valence-corrected chi connectivity index (χ3v) is 14.3. The average molecular weight is 807 g/mol. The Hall–Kier alpha value is -7.72. The predicted molar refractivity (Wildman–Crippen MR) is 263 cm³/mol. The molecular weight excluding hydrogens is 769 g/mol. The van der Waals surface area contributed by atoms with Crippen molar-refractivity contribution >= 4 is 76.4 Å². The molecule has 2 aliphatic carbocycles. The molecule has 290 valence electrons. The third kappa shape index (κ3) is 4.97. The highest BCUT2D eigenvalue weighted by atomic mass is 32.1. The van der Waals surface area contributed by atoms with Crippen LogP contribution in [-0.4, -0.2) is 0 Å². The van der Waals surface area contributed by atoms with E-state index in [-0.39, 0.29) is 0 Å². The summed E-state index contributed by atoms with van der Waals surface area (Å²) in [6.07, 6.45) is 0. The van der Waals surface area contributed by atoms with E-state index in [4.69, 9.17) is 0 Å². The molecule has 0 saturated heterocycles. The number of hydrogen-bond acceptors (Lipinski definition) is 3. The topological polar surface area (TPSA) is 6.48 Å². The SMILES string of the molecule is c1ccc(N(c2ccccc2)c2ccc3c(c2)C2(c4ccccc4-3)c3ccccc3-c3c2c(N(c2ccccc2)c2ccc4sc5ccccc5c4c2)cc2ccccc32)cc1. The lowest BCUT2D eigenvalue weighted by atomic mass is 9.69. The lowest BCUT2D eigenvalue weighted by Gasteiger charge is -2.36. The van der Waals surface area contributed by atoms with Gasteiger partial charge in [0.1, 0.15) is 0 Å². The van der Waals surface area contributed by atoms with Gasteiger partial charge >= 0.3 is 0 Å². The van der Waals surface area contributed by atoms with Gasteiger partial charge in [0.15, 0.2) is 0 Å². The van der Waals surface area contributed by atoms with Gasteiger partial charge in [-0.2, -0.15) is 0 Å². The Bertz CT molecular complexity index is 3500. The summed E-state index contributed by atoms with van der Waals surface area (Å²) in [6, 6.07) is 85.4. The first-order valence-electron chi connectivity index (χ1n) is 21.3. The molecular formula is C59H38N2S. The summed E-state index contributed by atoms with van der Waals surface area (Å²) in [5.74, 6) is 0. The van der Waals surface area contributed by atoms with E-state index in [0.717, 1.165) is 28.4 Å². The van der Waals surface area contributed by atoms with Crippen LogP contribution in [0.15, 0.2) is 231 Å². The molecule has 0 radical (unpaired) electrons. The third-order valence-electron chi connectivity index (χ3n) is 13.2. The van der Waals surface area contributed by atoms with Gasteiger partial charge in [-0.25, -0.2) is 0 Å². The maximum absolute atomic E-state index is 2.54. The molecule has 2 nitrogen and oxygen atoms in total. The van der Waals surface area contributed by atoms with E-state index in [1.165, 1.54) is 81.1 Å². The molecule has 10 aromatic carbocycles. The normalized spacial score (nSPS) is 14.5. The highest BCUT2D eigenvalue weighted by molar-refractivity contribution is 7.25. The summed E-state index contributed by atoms with van der Waals surface area (Å²) in [5, 5.41) is 5.06. The molecule has 1 atom stereocenters. The minimum Gasteiger partial charge on any atom is -0.310 e. The lowest BCUT2D eigenvalue weighted by molar-refractivity contribution is 0.793. The van der Waals surface area contributed by atoms with Crippen molar-refractivity contribution < 1.29 is 0 Å². The zero-order valence-corrected chi connectivity index (χ0v) is 34.6. The lowest BCUT2D eigenvalue weighted by Crippen LogP contribution is -2.28. The number of benzene rings is 10. The molecule has 62 heavy (non-hydrogen) atoms. The Labute approximate surface area is 364 Å². The first-order valence-corrected chi connectivity index (χ1v) is 22.2. The number of para-hydroxylation sites is 3. The minimum atomic E-state index is -0.640. The van der Waals surface area contributed by atoms with Crippen molar-refractivity contribution in [1.82, 2.24) is 0 Å². The van der Waals surface area contributed by atoms with Crippen LogP contribution in [0, 0.1) is 0 Å². The highest BCUT2D eigenvalue weighted by Crippen LogP contribution is 2.67. The molecule has 0 saturated carbocycles. The summed E-state index contributed by atoms with van der Waals surface area (Å²) >= 11 is 1.86. The maximum atomic E-state index is 2.54. The molecule has 0 aliphatic heterocycles. The fourth-order valence-corrected chi connectivity index (χ4v) is 11.8. The van der Waals surface area contributed by atoms with Crippen LogP contribution in [0.25, 0.3) is 53.2 Å². The van der Waals surface area contributed by atoms with E-state index in [9.17, 15) is 0 Å². The number of rotatable bonds is 6. The number of hydrogen-bond donors (Lipinski definition) is 0. The van der Waals surface area contributed by atoms with Gasteiger partial charge in [-0.05, 0) is 129 Å². The van der Waals surface area contributed by atoms with Crippen LogP contribution in [0.5, 0.6) is 0 Å². The fraction of sp³-hybridized carbons (Fsp3) is 0.0169. The molecule has 13 rings (SSSR count). The van der Waals surface area contributed by atoms with E-state index in [1.807, 2.05) is 11.3 Å². The molecule has 11 aromatic rings. The molecule has 0 amide bonds. The van der Waals surface area contributed by atoms with Gasteiger partial charge in [-0.3, -0.25) is 0 Å². The average Bonchev–Trinajstić information content (AvgIpc) is 3.97. The van der Waals surface area contributed by atoms with Crippen molar-refractivity contribution in [3.8, 4) is 22.3 Å². The maximum Gasteiger partial charge on any atom is 0.0747 e. The van der Waals surface area contributed by atoms with Gasteiger partial charge in [0, 0.05) is 54.2 Å². The summed E-state index contributed by atoms with van der Waals surface area (Å²) < 4.78 is 2.60. The number of nitrogens with zero attached hydrogens (tertiary/aromatic N) is 2. The van der Waals surface area contributed by atoms with Gasteiger partial charge in [0.25, 0.3) is 0 Å². The van der Waals surface area contributed by atoms with Crippen LogP contribution in [0.2, 0.25) is 0 Å². The van der Waals surface area contributed by atoms with Gasteiger partial charge < -0.3 is 9.80 Å². The van der Waals surface area contributed by atoms with Crippen LogP contribution in [0.4, 0.5) is 34.1 Å². The second kappa shape index (κ2) is 13.7. The molecule has 1 heterocycles. The molecule has 2 aliphatic rings. The quantitative estimate of drug-likeness (QED) is 0.165. The van der Waals surface area contributed by atoms with Gasteiger partial charge in [0.05, 0.1) is 11.1 Å². The molecule has 0 bridgehead atoms. The Morgan fingerprint density at radius 1 is 0.323 bits per heavy atom. The number of thiophene rings is 1. The zero-order valence-electron chi connectivity index (χ0n) is 33.7. The van der Waals surface area contributed by atoms with E-state index < -0.39 is 5.41 Å². The van der Waals surface area contributed by atoms with Crippen molar-refractivity contribution in [3.63, 3.8) is 0 Å². The Kier molecular flexibility index (Phi) is 7.72. The van der Waals surface area contributed by atoms with Crippen LogP contribution >= 0.6 is 11.3 Å². The molecule has 1 spiro atoms. The molecule has 0 N–H and O–H groups in total. The summed E-state index contributed by atoms with van der Waals surface area (Å²) in [6.45, 7) is 0. The van der Waals surface area contributed by atoms with E-state index in [1.54, 1.807) is 0 Å². The standard InChI is InChI=1S/C59H38N2S/c1-4-19-40(20-5-1)60(41-21-6-2-7-22-41)44-32-34-47-46-26-12-15-29-51(46)59(53(47)38-44)52-30-16-13-28-49(52)57-45-25-11-10-18-39(45)36-54(58(57)59)61(42-23-8-3-9-24-42)43-33-35-56-50(37-43)48-27-14-17-31-55(48)62-56/h1-38H. The van der Waals surface area contributed by atoms with Crippen molar-refractivity contribution in [1.29, 1.82) is 0 Å². The van der Waals surface area contributed by atoms with Gasteiger partial charge in [-0.1, -0.05) is 152 Å². The van der Waals surface area contributed by atoms with Gasteiger partial charge in [-0.15, -0.1) is 11.3 Å². The van der Waals surface area contributed by atoms with Crippen LogP contribution in [0.1, 0.15) is 22.3 Å². The molecule has 1 aromatic heterocycles. The Morgan fingerprint density at radius 3 is 1.56 bits per heavy atom. The molecule has 1 unspecified atom stereocenters. The largest absolute Gasteiger partial charge is 0.310 e. The highest BCUT2D eigenvalue weighted by Gasteiger charge is 2.54. The van der Waals surface area contributed by atoms with Crippen molar-refractivity contribution in [2.24, 2.45) is 0 Å². The second-order valence-corrected chi connectivity index (χ2v) is 17.5. The van der Waals surface area contributed by atoms with Crippen LogP contribution in [-0.2, 0) is 5.41 Å².